The molecule has 0 aliphatic carbocycles. The van der Waals surface area contributed by atoms with Crippen molar-refractivity contribution in [1.29, 1.82) is 0 Å². The highest BCUT2D eigenvalue weighted by atomic mass is 31.0. The van der Waals surface area contributed by atoms with Crippen molar-refractivity contribution in [2.24, 2.45) is 0 Å². The van der Waals surface area contributed by atoms with Crippen molar-refractivity contribution in [3.8, 4) is 5.75 Å². The average Bonchev–Trinajstić information content (AvgIpc) is 2.14. The summed E-state index contributed by atoms with van der Waals surface area (Å²) < 4.78 is 27.9. The van der Waals surface area contributed by atoms with Gasteiger partial charge >= 0.3 is 6.61 Å². The molecule has 0 aliphatic rings. The quantitative estimate of drug-likeness (QED) is 0.696. The topological polar surface area (TPSA) is 9.23 Å². The van der Waals surface area contributed by atoms with Crippen molar-refractivity contribution in [2.75, 3.05) is 0 Å². The van der Waals surface area contributed by atoms with Crippen molar-refractivity contribution in [3.05, 3.63) is 23.8 Å². The van der Waals surface area contributed by atoms with E-state index in [1.807, 2.05) is 26.8 Å². The second-order valence-electron chi connectivity index (χ2n) is 2.42. The van der Waals surface area contributed by atoms with E-state index in [9.17, 15) is 8.78 Å². The summed E-state index contributed by atoms with van der Waals surface area (Å²) >= 11 is 0. The first kappa shape index (κ1) is 13.3. The highest BCUT2D eigenvalue weighted by molar-refractivity contribution is 7.27. The molecule has 0 radical (unpaired) electrons. The van der Waals surface area contributed by atoms with Gasteiger partial charge in [0.2, 0.25) is 0 Å². The molecular formula is C10H15F2OP. The van der Waals surface area contributed by atoms with Crippen molar-refractivity contribution >= 4 is 14.5 Å². The summed E-state index contributed by atoms with van der Waals surface area (Å²) in [5.74, 6) is 0.218. The van der Waals surface area contributed by atoms with E-state index < -0.39 is 6.61 Å². The lowest BCUT2D eigenvalue weighted by molar-refractivity contribution is -0.0491. The van der Waals surface area contributed by atoms with Gasteiger partial charge in [0.15, 0.2) is 0 Å². The first-order valence-electron chi connectivity index (χ1n) is 4.40. The fraction of sp³-hybridized carbons (Fsp3) is 0.400. The molecule has 1 nitrogen and oxygen atoms in total. The van der Waals surface area contributed by atoms with E-state index in [-0.39, 0.29) is 5.75 Å². The Morgan fingerprint density at radius 1 is 1.29 bits per heavy atom. The van der Waals surface area contributed by atoms with Crippen LogP contribution in [0.15, 0.2) is 18.2 Å². The molecule has 0 N–H and O–H groups in total. The van der Waals surface area contributed by atoms with Gasteiger partial charge in [-0.1, -0.05) is 26.0 Å². The van der Waals surface area contributed by atoms with E-state index in [0.717, 1.165) is 5.56 Å². The lowest BCUT2D eigenvalue weighted by Gasteiger charge is -2.07. The Bertz CT molecular complexity index is 277. The van der Waals surface area contributed by atoms with Crippen LogP contribution >= 0.6 is 9.24 Å². The number of aryl methyl sites for hydroxylation is 1. The Morgan fingerprint density at radius 2 is 1.86 bits per heavy atom. The van der Waals surface area contributed by atoms with Gasteiger partial charge in [0.1, 0.15) is 5.75 Å². The van der Waals surface area contributed by atoms with Crippen LogP contribution in [0.4, 0.5) is 8.78 Å². The smallest absolute Gasteiger partial charge is 0.387 e. The Labute approximate surface area is 85.7 Å². The lowest BCUT2D eigenvalue weighted by Crippen LogP contribution is -2.08. The zero-order valence-corrected chi connectivity index (χ0v) is 9.71. The van der Waals surface area contributed by atoms with Gasteiger partial charge in [0, 0.05) is 5.30 Å². The summed E-state index contributed by atoms with van der Waals surface area (Å²) in [6.45, 7) is 3.06. The van der Waals surface area contributed by atoms with Gasteiger partial charge in [-0.3, -0.25) is 0 Å². The molecule has 0 aliphatic heterocycles. The van der Waals surface area contributed by atoms with E-state index in [4.69, 9.17) is 0 Å². The number of hydrogen-bond acceptors (Lipinski definition) is 1. The third kappa shape index (κ3) is 4.52. The minimum atomic E-state index is -2.76. The first-order chi connectivity index (χ1) is 6.59. The van der Waals surface area contributed by atoms with Gasteiger partial charge in [-0.05, 0) is 18.6 Å². The first-order valence-corrected chi connectivity index (χ1v) is 4.98. The molecule has 4 heteroatoms. The molecule has 1 unspecified atom stereocenters. The number of halogens is 2. The standard InChI is InChI=1S/C8H9F2OP.C2H6/c1-5-2-3-7(12)6(4-5)11-8(9)10;1-2/h2-4,8H,12H2,1H3;1-2H3. The number of benzene rings is 1. The third-order valence-electron chi connectivity index (χ3n) is 1.39. The Hall–Kier alpha value is -0.690. The monoisotopic (exact) mass is 220 g/mol. The van der Waals surface area contributed by atoms with E-state index >= 15 is 0 Å². The molecule has 0 spiro atoms. The van der Waals surface area contributed by atoms with E-state index in [2.05, 4.69) is 14.0 Å². The molecule has 0 aromatic heterocycles. The van der Waals surface area contributed by atoms with Gasteiger partial charge in [0.25, 0.3) is 0 Å². The van der Waals surface area contributed by atoms with Crippen LogP contribution in [0.1, 0.15) is 19.4 Å². The number of ether oxygens (including phenoxy) is 1. The molecule has 0 bridgehead atoms. The van der Waals surface area contributed by atoms with Crippen LogP contribution < -0.4 is 10.0 Å². The zero-order chi connectivity index (χ0) is 11.1. The molecule has 14 heavy (non-hydrogen) atoms. The highest BCUT2D eigenvalue weighted by Gasteiger charge is 2.06. The van der Waals surface area contributed by atoms with Gasteiger partial charge in [-0.2, -0.15) is 8.78 Å². The molecule has 0 amide bonds. The van der Waals surface area contributed by atoms with Gasteiger partial charge < -0.3 is 4.74 Å². The summed E-state index contributed by atoms with van der Waals surface area (Å²) in [5, 5.41) is 0.640. The number of alkyl halides is 2. The predicted molar refractivity (Wildman–Crippen MR) is 58.5 cm³/mol. The second-order valence-corrected chi connectivity index (χ2v) is 3.04. The Balaban J connectivity index is 0.000000791. The molecule has 0 saturated heterocycles. The summed E-state index contributed by atoms with van der Waals surface area (Å²) in [6.07, 6.45) is 0. The van der Waals surface area contributed by atoms with Crippen molar-refractivity contribution in [3.63, 3.8) is 0 Å². The minimum Gasteiger partial charge on any atom is -0.434 e. The molecule has 0 fully saturated rings. The maximum absolute atomic E-state index is 11.8. The summed E-state index contributed by atoms with van der Waals surface area (Å²) in [4.78, 5) is 0. The minimum absolute atomic E-state index is 0.218. The lowest BCUT2D eigenvalue weighted by atomic mass is 10.2. The molecule has 0 heterocycles. The molecule has 1 aromatic rings. The predicted octanol–water partition coefficient (Wildman–Crippen LogP) is 3.12. The number of hydrogen-bond donors (Lipinski definition) is 0. The average molecular weight is 220 g/mol. The zero-order valence-electron chi connectivity index (χ0n) is 8.55. The molecule has 0 saturated carbocycles. The largest absolute Gasteiger partial charge is 0.434 e. The summed E-state index contributed by atoms with van der Waals surface area (Å²) in [6, 6.07) is 5.13. The van der Waals surface area contributed by atoms with Crippen LogP contribution in [0.2, 0.25) is 0 Å². The van der Waals surface area contributed by atoms with Crippen LogP contribution in [-0.4, -0.2) is 6.61 Å². The molecule has 1 rings (SSSR count). The normalized spacial score (nSPS) is 9.36. The van der Waals surface area contributed by atoms with Crippen molar-refractivity contribution < 1.29 is 13.5 Å². The van der Waals surface area contributed by atoms with Gasteiger partial charge in [-0.25, -0.2) is 0 Å². The maximum atomic E-state index is 11.8. The van der Waals surface area contributed by atoms with Crippen LogP contribution in [0, 0.1) is 6.92 Å². The van der Waals surface area contributed by atoms with E-state index in [0.29, 0.717) is 5.30 Å². The second kappa shape index (κ2) is 6.72. The number of rotatable bonds is 2. The summed E-state index contributed by atoms with van der Waals surface area (Å²) in [5.41, 5.74) is 0.900. The highest BCUT2D eigenvalue weighted by Crippen LogP contribution is 2.15. The molecule has 80 valence electrons. The third-order valence-corrected chi connectivity index (χ3v) is 1.86. The van der Waals surface area contributed by atoms with E-state index in [1.165, 1.54) is 0 Å². The van der Waals surface area contributed by atoms with Crippen LogP contribution in [0.5, 0.6) is 5.75 Å². The fourth-order valence-electron chi connectivity index (χ4n) is 0.840. The molecular weight excluding hydrogens is 205 g/mol. The molecule has 1 atom stereocenters. The SMILES string of the molecule is CC.Cc1ccc(P)c(OC(F)F)c1. The maximum Gasteiger partial charge on any atom is 0.387 e. The van der Waals surface area contributed by atoms with Crippen LogP contribution in [-0.2, 0) is 0 Å². The Morgan fingerprint density at radius 3 is 2.36 bits per heavy atom. The van der Waals surface area contributed by atoms with Crippen molar-refractivity contribution in [1.82, 2.24) is 0 Å². The van der Waals surface area contributed by atoms with Crippen LogP contribution in [0.3, 0.4) is 0 Å². The van der Waals surface area contributed by atoms with E-state index in [1.54, 1.807) is 12.1 Å². The van der Waals surface area contributed by atoms with Crippen molar-refractivity contribution in [2.45, 2.75) is 27.4 Å². The van der Waals surface area contributed by atoms with Gasteiger partial charge in [-0.15, -0.1) is 9.24 Å². The molecule has 1 aromatic carbocycles. The fourth-order valence-corrected chi connectivity index (χ4v) is 1.09. The van der Waals surface area contributed by atoms with Crippen LogP contribution in [0.25, 0.3) is 0 Å². The van der Waals surface area contributed by atoms with Gasteiger partial charge in [0.05, 0.1) is 0 Å². The summed E-state index contributed by atoms with van der Waals surface area (Å²) in [7, 11) is 2.34. The Kier molecular flexibility index (Phi) is 6.39.